The number of nitrogens with zero attached hydrogens (tertiary/aromatic N) is 1. The largest absolute Gasteiger partial charge is 0.342 e. The maximum absolute atomic E-state index is 13.0. The molecule has 1 fully saturated rings. The minimum absolute atomic E-state index is 0.169. The molecule has 0 radical (unpaired) electrons. The molecule has 4 rings (SSSR count). The van der Waals surface area contributed by atoms with Crippen LogP contribution in [-0.4, -0.2) is 23.9 Å². The van der Waals surface area contributed by atoms with E-state index in [2.05, 4.69) is 53.4 Å². The molecule has 2 aromatic rings. The summed E-state index contributed by atoms with van der Waals surface area (Å²) in [6.07, 6.45) is 5.06. The molecule has 1 aliphatic heterocycles. The third kappa shape index (κ3) is 3.54. The van der Waals surface area contributed by atoms with Crippen molar-refractivity contribution in [1.82, 2.24) is 4.90 Å². The van der Waals surface area contributed by atoms with Gasteiger partial charge in [0.1, 0.15) is 0 Å². The third-order valence-corrected chi connectivity index (χ3v) is 6.16. The van der Waals surface area contributed by atoms with Crippen LogP contribution in [0.5, 0.6) is 0 Å². The van der Waals surface area contributed by atoms with Crippen molar-refractivity contribution in [1.29, 1.82) is 0 Å². The molecule has 2 aromatic carbocycles. The van der Waals surface area contributed by atoms with E-state index in [9.17, 15) is 4.79 Å². The van der Waals surface area contributed by atoms with Crippen LogP contribution in [0.3, 0.4) is 0 Å². The zero-order chi connectivity index (χ0) is 17.9. The molecule has 0 aromatic heterocycles. The zero-order valence-corrected chi connectivity index (χ0v) is 15.4. The van der Waals surface area contributed by atoms with Gasteiger partial charge in [0.15, 0.2) is 0 Å². The lowest BCUT2D eigenvalue weighted by Gasteiger charge is -2.35. The van der Waals surface area contributed by atoms with Gasteiger partial charge < -0.3 is 10.6 Å². The van der Waals surface area contributed by atoms with Crippen molar-refractivity contribution in [3.05, 3.63) is 70.8 Å². The molecule has 0 saturated carbocycles. The molecular formula is C23H28N2O. The number of hydrogen-bond donors (Lipinski definition) is 1. The first-order valence-corrected chi connectivity index (χ1v) is 9.89. The smallest absolute Gasteiger partial charge is 0.226 e. The Hall–Kier alpha value is -2.13. The van der Waals surface area contributed by atoms with Gasteiger partial charge in [-0.05, 0) is 60.3 Å². The van der Waals surface area contributed by atoms with E-state index < -0.39 is 0 Å². The quantitative estimate of drug-likeness (QED) is 0.920. The molecule has 2 N–H and O–H groups in total. The molecule has 1 aliphatic carbocycles. The molecule has 0 spiro atoms. The number of carbonyl (C=O) groups excluding carboxylic acids is 1. The first-order chi connectivity index (χ1) is 12.7. The molecule has 26 heavy (non-hydrogen) atoms. The molecule has 136 valence electrons. The monoisotopic (exact) mass is 348 g/mol. The van der Waals surface area contributed by atoms with Crippen molar-refractivity contribution in [3.63, 3.8) is 0 Å². The highest BCUT2D eigenvalue weighted by Gasteiger charge is 2.31. The summed E-state index contributed by atoms with van der Waals surface area (Å²) in [6, 6.07) is 17.2. The highest BCUT2D eigenvalue weighted by atomic mass is 16.2. The molecule has 1 heterocycles. The van der Waals surface area contributed by atoms with Gasteiger partial charge >= 0.3 is 0 Å². The lowest BCUT2D eigenvalue weighted by Crippen LogP contribution is -2.42. The Morgan fingerprint density at radius 1 is 1.00 bits per heavy atom. The minimum Gasteiger partial charge on any atom is -0.342 e. The average molecular weight is 348 g/mol. The van der Waals surface area contributed by atoms with E-state index in [4.69, 9.17) is 5.73 Å². The number of piperidine rings is 1. The van der Waals surface area contributed by atoms with E-state index in [1.54, 1.807) is 0 Å². The van der Waals surface area contributed by atoms with Crippen molar-refractivity contribution in [2.75, 3.05) is 13.1 Å². The van der Waals surface area contributed by atoms with Gasteiger partial charge in [-0.25, -0.2) is 0 Å². The van der Waals surface area contributed by atoms with E-state index >= 15 is 0 Å². The van der Waals surface area contributed by atoms with Crippen molar-refractivity contribution in [3.8, 4) is 0 Å². The molecule has 3 nitrogen and oxygen atoms in total. The van der Waals surface area contributed by atoms with Crippen LogP contribution in [-0.2, 0) is 24.2 Å². The SMILES string of the molecule is NCc1cccc(C2CCN(C(=O)C3CCc4ccccc4C3)CC2)c1. The summed E-state index contributed by atoms with van der Waals surface area (Å²) in [7, 11) is 0. The van der Waals surface area contributed by atoms with E-state index in [1.165, 1.54) is 22.3 Å². The highest BCUT2D eigenvalue weighted by molar-refractivity contribution is 5.79. The normalized spacial score (nSPS) is 20.7. The van der Waals surface area contributed by atoms with Gasteiger partial charge in [0.2, 0.25) is 5.91 Å². The van der Waals surface area contributed by atoms with Gasteiger partial charge in [-0.2, -0.15) is 0 Å². The highest BCUT2D eigenvalue weighted by Crippen LogP contribution is 2.31. The molecule has 3 heteroatoms. The zero-order valence-electron chi connectivity index (χ0n) is 15.4. The van der Waals surface area contributed by atoms with E-state index in [0.29, 0.717) is 18.4 Å². The predicted octanol–water partition coefficient (Wildman–Crippen LogP) is 3.66. The van der Waals surface area contributed by atoms with Crippen molar-refractivity contribution in [2.24, 2.45) is 11.7 Å². The second-order valence-corrected chi connectivity index (χ2v) is 7.76. The Bertz CT molecular complexity index is 777. The number of hydrogen-bond acceptors (Lipinski definition) is 2. The molecule has 1 amide bonds. The standard InChI is InChI=1S/C23H28N2O/c24-16-17-4-3-7-20(14-17)19-10-12-25(13-11-19)23(26)22-9-8-18-5-1-2-6-21(18)15-22/h1-7,14,19,22H,8-13,15-16,24H2. The molecule has 1 atom stereocenters. The summed E-state index contributed by atoms with van der Waals surface area (Å²) in [4.78, 5) is 15.1. The Morgan fingerprint density at radius 2 is 1.77 bits per heavy atom. The maximum atomic E-state index is 13.0. The van der Waals surface area contributed by atoms with Crippen LogP contribution >= 0.6 is 0 Å². The number of fused-ring (bicyclic) bond motifs is 1. The fourth-order valence-electron chi connectivity index (χ4n) is 4.57. The number of benzene rings is 2. The van der Waals surface area contributed by atoms with Crippen molar-refractivity contribution in [2.45, 2.75) is 44.6 Å². The van der Waals surface area contributed by atoms with Crippen LogP contribution in [0.25, 0.3) is 0 Å². The van der Waals surface area contributed by atoms with Gasteiger partial charge in [0.05, 0.1) is 0 Å². The number of amides is 1. The number of likely N-dealkylation sites (tertiary alicyclic amines) is 1. The van der Waals surface area contributed by atoms with Crippen LogP contribution in [0.15, 0.2) is 48.5 Å². The van der Waals surface area contributed by atoms with Crippen LogP contribution in [0.4, 0.5) is 0 Å². The average Bonchev–Trinajstić information content (AvgIpc) is 2.73. The molecular weight excluding hydrogens is 320 g/mol. The Balaban J connectivity index is 1.37. The summed E-state index contributed by atoms with van der Waals surface area (Å²) < 4.78 is 0. The van der Waals surface area contributed by atoms with E-state index in [1.807, 2.05) is 0 Å². The summed E-state index contributed by atoms with van der Waals surface area (Å²) in [6.45, 7) is 2.36. The van der Waals surface area contributed by atoms with Crippen molar-refractivity contribution < 1.29 is 4.79 Å². The molecule has 2 aliphatic rings. The summed E-state index contributed by atoms with van der Waals surface area (Å²) in [5.41, 5.74) is 11.1. The fraction of sp³-hybridized carbons (Fsp3) is 0.435. The van der Waals surface area contributed by atoms with Gasteiger partial charge in [-0.3, -0.25) is 4.79 Å². The summed E-state index contributed by atoms with van der Waals surface area (Å²) in [5.74, 6) is 1.09. The van der Waals surface area contributed by atoms with Gasteiger partial charge in [-0.15, -0.1) is 0 Å². The Morgan fingerprint density at radius 3 is 2.54 bits per heavy atom. The molecule has 1 unspecified atom stereocenters. The van der Waals surface area contributed by atoms with E-state index in [0.717, 1.165) is 45.2 Å². The predicted molar refractivity (Wildman–Crippen MR) is 105 cm³/mol. The number of nitrogens with two attached hydrogens (primary N) is 1. The van der Waals surface area contributed by atoms with Crippen LogP contribution in [0.2, 0.25) is 0 Å². The lowest BCUT2D eigenvalue weighted by molar-refractivity contribution is -0.137. The summed E-state index contributed by atoms with van der Waals surface area (Å²) in [5, 5.41) is 0. The van der Waals surface area contributed by atoms with Crippen molar-refractivity contribution >= 4 is 5.91 Å². The maximum Gasteiger partial charge on any atom is 0.226 e. The number of aryl methyl sites for hydroxylation is 1. The van der Waals surface area contributed by atoms with E-state index in [-0.39, 0.29) is 5.92 Å². The first kappa shape index (κ1) is 17.3. The Kier molecular flexibility index (Phi) is 5.07. The van der Waals surface area contributed by atoms with Crippen LogP contribution in [0.1, 0.15) is 47.4 Å². The topological polar surface area (TPSA) is 46.3 Å². The minimum atomic E-state index is 0.169. The fourth-order valence-corrected chi connectivity index (χ4v) is 4.57. The van der Waals surface area contributed by atoms with Gasteiger partial charge in [-0.1, -0.05) is 48.5 Å². The first-order valence-electron chi connectivity index (χ1n) is 9.89. The second kappa shape index (κ2) is 7.63. The second-order valence-electron chi connectivity index (χ2n) is 7.76. The Labute approximate surface area is 156 Å². The molecule has 0 bridgehead atoms. The molecule has 1 saturated heterocycles. The number of carbonyl (C=O) groups is 1. The number of rotatable bonds is 3. The summed E-state index contributed by atoms with van der Waals surface area (Å²) >= 11 is 0. The van der Waals surface area contributed by atoms with Crippen LogP contribution in [0, 0.1) is 5.92 Å². The van der Waals surface area contributed by atoms with Gasteiger partial charge in [0.25, 0.3) is 0 Å². The third-order valence-electron chi connectivity index (χ3n) is 6.16. The van der Waals surface area contributed by atoms with Gasteiger partial charge in [0, 0.05) is 25.6 Å². The van der Waals surface area contributed by atoms with Crippen LogP contribution < -0.4 is 5.73 Å². The lowest BCUT2D eigenvalue weighted by atomic mass is 9.82.